The van der Waals surface area contributed by atoms with E-state index in [0.717, 1.165) is 39.5 Å². The fraction of sp³-hybridized carbons (Fsp3) is 0.318. The topological polar surface area (TPSA) is 51.3 Å². The minimum Gasteiger partial charge on any atom is -0.494 e. The number of rotatable bonds is 7. The van der Waals surface area contributed by atoms with Crippen molar-refractivity contribution >= 4 is 32.8 Å². The molecule has 0 atom stereocenters. The number of para-hydroxylation sites is 1. The first-order valence-corrected chi connectivity index (χ1v) is 9.96. The predicted molar refractivity (Wildman–Crippen MR) is 112 cm³/mol. The van der Waals surface area contributed by atoms with E-state index < -0.39 is 0 Å². The molecule has 0 amide bonds. The fourth-order valence-corrected chi connectivity index (χ4v) is 3.80. The number of benzene rings is 2. The van der Waals surface area contributed by atoms with Gasteiger partial charge >= 0.3 is 5.97 Å². The molecular weight excluding hydrogens is 406 g/mol. The number of aromatic amines is 1. The van der Waals surface area contributed by atoms with Gasteiger partial charge in [0, 0.05) is 9.86 Å². The molecule has 0 unspecified atom stereocenters. The van der Waals surface area contributed by atoms with Crippen molar-refractivity contribution in [2.24, 2.45) is 0 Å². The third kappa shape index (κ3) is 4.53. The lowest BCUT2D eigenvalue weighted by Crippen LogP contribution is -2.09. The molecule has 1 heterocycles. The molecule has 3 rings (SSSR count). The van der Waals surface area contributed by atoms with Crippen molar-refractivity contribution in [1.82, 2.24) is 4.98 Å². The standard InChI is InChI=1S/C22H24BrNO3/c1-4-26-22(25)21-18(17-7-5-9-19(23)20(17)24-21)8-6-10-27-16-12-14(2)11-15(3)13-16/h5,7,9,11-13,24H,4,6,8,10H2,1-3H3. The van der Waals surface area contributed by atoms with Crippen LogP contribution in [0.15, 0.2) is 40.9 Å². The Bertz CT molecular complexity index is 941. The summed E-state index contributed by atoms with van der Waals surface area (Å²) < 4.78 is 12.1. The lowest BCUT2D eigenvalue weighted by molar-refractivity contribution is 0.0519. The Morgan fingerprint density at radius 1 is 1.15 bits per heavy atom. The van der Waals surface area contributed by atoms with Crippen LogP contribution in [-0.2, 0) is 11.2 Å². The number of fused-ring (bicyclic) bond motifs is 1. The summed E-state index contributed by atoms with van der Waals surface area (Å²) in [7, 11) is 0. The zero-order chi connectivity index (χ0) is 19.4. The molecule has 1 aromatic heterocycles. The summed E-state index contributed by atoms with van der Waals surface area (Å²) in [5.41, 5.74) is 4.82. The van der Waals surface area contributed by atoms with E-state index >= 15 is 0 Å². The molecule has 0 spiro atoms. The van der Waals surface area contributed by atoms with Gasteiger partial charge in [0.2, 0.25) is 0 Å². The summed E-state index contributed by atoms with van der Waals surface area (Å²) in [5.74, 6) is 0.575. The van der Waals surface area contributed by atoms with E-state index in [4.69, 9.17) is 9.47 Å². The molecule has 0 bridgehead atoms. The molecule has 0 fully saturated rings. The lowest BCUT2D eigenvalue weighted by Gasteiger charge is -2.09. The summed E-state index contributed by atoms with van der Waals surface area (Å²) in [6.45, 7) is 6.88. The maximum absolute atomic E-state index is 12.4. The Hall–Kier alpha value is -2.27. The van der Waals surface area contributed by atoms with E-state index in [0.29, 0.717) is 18.9 Å². The van der Waals surface area contributed by atoms with Crippen molar-refractivity contribution in [3.8, 4) is 5.75 Å². The zero-order valence-electron chi connectivity index (χ0n) is 15.9. The molecule has 142 valence electrons. The van der Waals surface area contributed by atoms with Crippen LogP contribution < -0.4 is 4.74 Å². The highest BCUT2D eigenvalue weighted by molar-refractivity contribution is 9.10. The second-order valence-electron chi connectivity index (χ2n) is 6.64. The van der Waals surface area contributed by atoms with Crippen LogP contribution in [0.2, 0.25) is 0 Å². The summed E-state index contributed by atoms with van der Waals surface area (Å²) in [6.07, 6.45) is 1.54. The monoisotopic (exact) mass is 429 g/mol. The average Bonchev–Trinajstić information content (AvgIpc) is 2.98. The highest BCUT2D eigenvalue weighted by Gasteiger charge is 2.19. The number of hydrogen-bond donors (Lipinski definition) is 1. The Morgan fingerprint density at radius 3 is 2.59 bits per heavy atom. The first kappa shape index (κ1) is 19.5. The molecule has 1 N–H and O–H groups in total. The van der Waals surface area contributed by atoms with E-state index in [1.54, 1.807) is 0 Å². The highest BCUT2D eigenvalue weighted by Crippen LogP contribution is 2.30. The van der Waals surface area contributed by atoms with Gasteiger partial charge in [-0.3, -0.25) is 0 Å². The van der Waals surface area contributed by atoms with E-state index in [-0.39, 0.29) is 5.97 Å². The van der Waals surface area contributed by atoms with Crippen LogP contribution >= 0.6 is 15.9 Å². The van der Waals surface area contributed by atoms with E-state index in [9.17, 15) is 4.79 Å². The second-order valence-corrected chi connectivity index (χ2v) is 7.49. The number of H-pyrrole nitrogens is 1. The number of esters is 1. The van der Waals surface area contributed by atoms with Gasteiger partial charge < -0.3 is 14.5 Å². The van der Waals surface area contributed by atoms with Gasteiger partial charge in [0.1, 0.15) is 11.4 Å². The average molecular weight is 430 g/mol. The molecular formula is C22H24BrNO3. The Balaban J connectivity index is 1.76. The van der Waals surface area contributed by atoms with Crippen molar-refractivity contribution in [3.05, 3.63) is 63.3 Å². The SMILES string of the molecule is CCOC(=O)c1[nH]c2c(Br)cccc2c1CCCOc1cc(C)cc(C)c1. The van der Waals surface area contributed by atoms with Gasteiger partial charge in [0.25, 0.3) is 0 Å². The van der Waals surface area contributed by atoms with Crippen molar-refractivity contribution in [2.75, 3.05) is 13.2 Å². The van der Waals surface area contributed by atoms with Crippen molar-refractivity contribution in [2.45, 2.75) is 33.6 Å². The van der Waals surface area contributed by atoms with Crippen molar-refractivity contribution in [3.63, 3.8) is 0 Å². The van der Waals surface area contributed by atoms with Gasteiger partial charge in [-0.25, -0.2) is 4.79 Å². The van der Waals surface area contributed by atoms with Crippen LogP contribution in [0.25, 0.3) is 10.9 Å². The predicted octanol–water partition coefficient (Wildman–Crippen LogP) is 5.74. The van der Waals surface area contributed by atoms with Crippen molar-refractivity contribution in [1.29, 1.82) is 0 Å². The van der Waals surface area contributed by atoms with E-state index in [2.05, 4.69) is 40.8 Å². The minimum atomic E-state index is -0.314. The minimum absolute atomic E-state index is 0.314. The molecule has 0 radical (unpaired) electrons. The molecule has 4 nitrogen and oxygen atoms in total. The maximum atomic E-state index is 12.4. The number of aryl methyl sites for hydroxylation is 3. The van der Waals surface area contributed by atoms with Crippen LogP contribution in [0.5, 0.6) is 5.75 Å². The van der Waals surface area contributed by atoms with Gasteiger partial charge in [-0.1, -0.05) is 18.2 Å². The van der Waals surface area contributed by atoms with E-state index in [1.165, 1.54) is 11.1 Å². The zero-order valence-corrected chi connectivity index (χ0v) is 17.5. The molecule has 5 heteroatoms. The molecule has 2 aromatic carbocycles. The Morgan fingerprint density at radius 2 is 1.89 bits per heavy atom. The molecule has 0 saturated carbocycles. The first-order valence-electron chi connectivity index (χ1n) is 9.17. The largest absolute Gasteiger partial charge is 0.494 e. The Labute approximate surface area is 168 Å². The molecule has 0 saturated heterocycles. The van der Waals surface area contributed by atoms with Crippen LogP contribution in [0.3, 0.4) is 0 Å². The van der Waals surface area contributed by atoms with Gasteiger partial charge in [-0.2, -0.15) is 0 Å². The molecule has 0 aliphatic heterocycles. The number of carbonyl (C=O) groups excluding carboxylic acids is 1. The number of halogens is 1. The summed E-state index contributed by atoms with van der Waals surface area (Å²) in [6, 6.07) is 12.2. The smallest absolute Gasteiger partial charge is 0.355 e. The molecule has 27 heavy (non-hydrogen) atoms. The fourth-order valence-electron chi connectivity index (χ4n) is 3.33. The second kappa shape index (κ2) is 8.61. The molecule has 0 aliphatic rings. The number of ether oxygens (including phenoxy) is 2. The molecule has 3 aromatic rings. The maximum Gasteiger partial charge on any atom is 0.355 e. The highest BCUT2D eigenvalue weighted by atomic mass is 79.9. The van der Waals surface area contributed by atoms with Gasteiger partial charge in [0.05, 0.1) is 18.7 Å². The first-order chi connectivity index (χ1) is 13.0. The quantitative estimate of drug-likeness (QED) is 0.385. The summed E-state index contributed by atoms with van der Waals surface area (Å²) in [5, 5.41) is 1.04. The lowest BCUT2D eigenvalue weighted by atomic mass is 10.1. The third-order valence-electron chi connectivity index (χ3n) is 4.41. The summed E-state index contributed by atoms with van der Waals surface area (Å²) >= 11 is 3.55. The van der Waals surface area contributed by atoms with Gasteiger partial charge in [-0.05, 0) is 84.4 Å². The summed E-state index contributed by atoms with van der Waals surface area (Å²) in [4.78, 5) is 15.6. The van der Waals surface area contributed by atoms with Crippen molar-refractivity contribution < 1.29 is 14.3 Å². The van der Waals surface area contributed by atoms with Gasteiger partial charge in [-0.15, -0.1) is 0 Å². The van der Waals surface area contributed by atoms with E-state index in [1.807, 2.05) is 37.3 Å². The van der Waals surface area contributed by atoms with Crippen LogP contribution in [0, 0.1) is 13.8 Å². The number of nitrogens with one attached hydrogen (secondary N) is 1. The van der Waals surface area contributed by atoms with Gasteiger partial charge in [0.15, 0.2) is 0 Å². The third-order valence-corrected chi connectivity index (χ3v) is 5.07. The Kier molecular flexibility index (Phi) is 6.22. The molecule has 0 aliphatic carbocycles. The van der Waals surface area contributed by atoms with Crippen LogP contribution in [-0.4, -0.2) is 24.2 Å². The normalized spacial score (nSPS) is 11.0. The number of hydrogen-bond acceptors (Lipinski definition) is 3. The van der Waals surface area contributed by atoms with Crippen LogP contribution in [0.1, 0.15) is 40.5 Å². The number of aromatic nitrogens is 1. The van der Waals surface area contributed by atoms with Crippen LogP contribution in [0.4, 0.5) is 0 Å². The number of carbonyl (C=O) groups is 1.